The molecule has 0 radical (unpaired) electrons. The van der Waals surface area contributed by atoms with Crippen LogP contribution in [0.2, 0.25) is 0 Å². The highest BCUT2D eigenvalue weighted by molar-refractivity contribution is 8.22. The zero-order chi connectivity index (χ0) is 26.2. The average molecular weight is 558 g/mol. The highest BCUT2D eigenvalue weighted by Crippen LogP contribution is 2.35. The Kier molecular flexibility index (Phi) is 10.2. The molecule has 208 valence electrons. The molecule has 9 heteroatoms. The number of benzene rings is 1. The van der Waals surface area contributed by atoms with Crippen LogP contribution in [0.15, 0.2) is 18.5 Å². The van der Waals surface area contributed by atoms with Gasteiger partial charge in [-0.15, -0.1) is 0 Å². The van der Waals surface area contributed by atoms with Crippen molar-refractivity contribution >= 4 is 45.0 Å². The third-order valence-corrected chi connectivity index (χ3v) is 9.98. The number of ether oxygens (including phenoxy) is 2. The number of likely N-dealkylation sites (tertiary alicyclic amines) is 1. The van der Waals surface area contributed by atoms with Gasteiger partial charge >= 0.3 is 0 Å². The molecule has 2 saturated heterocycles. The van der Waals surface area contributed by atoms with Crippen LogP contribution in [0.3, 0.4) is 0 Å². The van der Waals surface area contributed by atoms with Gasteiger partial charge in [0.05, 0.1) is 19.2 Å². The van der Waals surface area contributed by atoms with Crippen molar-refractivity contribution < 1.29 is 9.47 Å². The van der Waals surface area contributed by atoms with E-state index in [1.54, 1.807) is 13.4 Å². The molecule has 5 rings (SSSR count). The second kappa shape index (κ2) is 14.0. The van der Waals surface area contributed by atoms with Gasteiger partial charge < -0.3 is 24.2 Å². The third-order valence-electron chi connectivity index (χ3n) is 8.23. The summed E-state index contributed by atoms with van der Waals surface area (Å²) in [6.45, 7) is 7.86. The number of nitrogens with zero attached hydrogens (tertiary/aromatic N) is 5. The van der Waals surface area contributed by atoms with Gasteiger partial charge in [-0.3, -0.25) is 0 Å². The van der Waals surface area contributed by atoms with E-state index in [1.165, 1.54) is 70.2 Å². The molecular formula is C29H43N5O2S2. The van der Waals surface area contributed by atoms with Crippen molar-refractivity contribution in [2.24, 2.45) is 5.92 Å². The molecule has 1 aliphatic carbocycles. The third kappa shape index (κ3) is 7.21. The fourth-order valence-corrected chi connectivity index (χ4v) is 7.43. The molecule has 0 unspecified atom stereocenters. The normalized spacial score (nSPS) is 19.6. The van der Waals surface area contributed by atoms with Crippen molar-refractivity contribution in [3.8, 4) is 11.5 Å². The van der Waals surface area contributed by atoms with Crippen LogP contribution in [0.1, 0.15) is 57.8 Å². The first-order valence-electron chi connectivity index (χ1n) is 14.6. The number of piperidine rings is 1. The van der Waals surface area contributed by atoms with E-state index in [0.29, 0.717) is 6.61 Å². The van der Waals surface area contributed by atoms with Gasteiger partial charge in [-0.05, 0) is 57.2 Å². The topological polar surface area (TPSA) is 54.0 Å². The van der Waals surface area contributed by atoms with Gasteiger partial charge in [0.15, 0.2) is 11.5 Å². The van der Waals surface area contributed by atoms with E-state index in [-0.39, 0.29) is 0 Å². The molecule has 38 heavy (non-hydrogen) atoms. The van der Waals surface area contributed by atoms with Gasteiger partial charge in [0.1, 0.15) is 16.5 Å². The molecule has 1 saturated carbocycles. The SMILES string of the molecule is COc1cc2c(N3CCN(C(=S)SCC4CCCCC4)CC3)ncnc2cc1OCCCN1CCCCC1. The van der Waals surface area contributed by atoms with Crippen molar-refractivity contribution in [1.29, 1.82) is 0 Å². The van der Waals surface area contributed by atoms with Gasteiger partial charge in [0, 0.05) is 49.9 Å². The van der Waals surface area contributed by atoms with E-state index < -0.39 is 0 Å². The lowest BCUT2D eigenvalue weighted by Gasteiger charge is -2.37. The van der Waals surface area contributed by atoms with Crippen molar-refractivity contribution in [3.05, 3.63) is 18.5 Å². The lowest BCUT2D eigenvalue weighted by atomic mass is 9.91. The predicted octanol–water partition coefficient (Wildman–Crippen LogP) is 5.61. The molecule has 0 spiro atoms. The van der Waals surface area contributed by atoms with Crippen LogP contribution in [0.5, 0.6) is 11.5 Å². The standard InChI is InChI=1S/C29H43N5O2S2/c1-35-26-19-24-25(20-27(26)36-18-8-13-32-11-6-3-7-12-32)30-22-31-28(24)33-14-16-34(17-15-33)29(37)38-21-23-9-4-2-5-10-23/h19-20,22-23H,2-18,21H2,1H3. The van der Waals surface area contributed by atoms with Gasteiger partial charge in [-0.1, -0.05) is 49.7 Å². The summed E-state index contributed by atoms with van der Waals surface area (Å²) >= 11 is 7.71. The number of fused-ring (bicyclic) bond motifs is 1. The summed E-state index contributed by atoms with van der Waals surface area (Å²) in [5.74, 6) is 4.49. The van der Waals surface area contributed by atoms with E-state index in [9.17, 15) is 0 Å². The Labute approximate surface area is 237 Å². The Bertz CT molecular complexity index is 1050. The second-order valence-corrected chi connectivity index (χ2v) is 12.5. The highest BCUT2D eigenvalue weighted by Gasteiger charge is 2.24. The molecule has 1 aromatic heterocycles. The minimum Gasteiger partial charge on any atom is -0.493 e. The lowest BCUT2D eigenvalue weighted by Crippen LogP contribution is -2.48. The first-order valence-corrected chi connectivity index (χ1v) is 15.9. The summed E-state index contributed by atoms with van der Waals surface area (Å²) in [5, 5.41) is 1.01. The molecule has 0 N–H and O–H groups in total. The van der Waals surface area contributed by atoms with Crippen LogP contribution < -0.4 is 14.4 Å². The molecule has 3 aliphatic rings. The Morgan fingerprint density at radius 1 is 0.947 bits per heavy atom. The van der Waals surface area contributed by atoms with Crippen LogP contribution in [-0.2, 0) is 0 Å². The average Bonchev–Trinajstić information content (AvgIpc) is 2.98. The minimum absolute atomic E-state index is 0.678. The lowest BCUT2D eigenvalue weighted by molar-refractivity contribution is 0.203. The number of rotatable bonds is 9. The number of thioether (sulfide) groups is 1. The molecular weight excluding hydrogens is 514 g/mol. The fourth-order valence-electron chi connectivity index (χ4n) is 5.96. The van der Waals surface area contributed by atoms with Crippen LogP contribution in [-0.4, -0.2) is 89.4 Å². The number of aromatic nitrogens is 2. The molecule has 0 atom stereocenters. The summed E-state index contributed by atoms with van der Waals surface area (Å²) in [4.78, 5) is 16.5. The number of thiocarbonyl (C=S) groups is 1. The van der Waals surface area contributed by atoms with Crippen molar-refractivity contribution in [2.45, 2.75) is 57.8 Å². The second-order valence-electron chi connectivity index (χ2n) is 10.9. The zero-order valence-electron chi connectivity index (χ0n) is 22.9. The number of methoxy groups -OCH3 is 1. The van der Waals surface area contributed by atoms with Crippen LogP contribution >= 0.6 is 24.0 Å². The van der Waals surface area contributed by atoms with Crippen LogP contribution in [0.25, 0.3) is 10.9 Å². The summed E-state index contributed by atoms with van der Waals surface area (Å²) in [6, 6.07) is 4.05. The molecule has 2 aliphatic heterocycles. The maximum atomic E-state index is 6.17. The maximum Gasteiger partial charge on any atom is 0.163 e. The molecule has 1 aromatic carbocycles. The number of piperazine rings is 1. The van der Waals surface area contributed by atoms with E-state index in [0.717, 1.165) is 77.6 Å². The quantitative estimate of drug-likeness (QED) is 0.289. The number of hydrogen-bond acceptors (Lipinski definition) is 8. The van der Waals surface area contributed by atoms with Crippen LogP contribution in [0.4, 0.5) is 5.82 Å². The van der Waals surface area contributed by atoms with Crippen LogP contribution in [0, 0.1) is 5.92 Å². The summed E-state index contributed by atoms with van der Waals surface area (Å²) in [7, 11) is 1.70. The largest absolute Gasteiger partial charge is 0.493 e. The first-order chi connectivity index (χ1) is 18.7. The van der Waals surface area contributed by atoms with Crippen molar-refractivity contribution in [1.82, 2.24) is 19.8 Å². The Morgan fingerprint density at radius 3 is 2.47 bits per heavy atom. The summed E-state index contributed by atoms with van der Waals surface area (Å²) < 4.78 is 13.0. The Hall–Kier alpha value is -1.84. The number of anilines is 1. The van der Waals surface area contributed by atoms with E-state index in [1.807, 2.05) is 23.9 Å². The van der Waals surface area contributed by atoms with E-state index in [4.69, 9.17) is 21.7 Å². The number of hydrogen-bond donors (Lipinski definition) is 0. The molecule has 7 nitrogen and oxygen atoms in total. The summed E-state index contributed by atoms with van der Waals surface area (Å²) in [6.07, 6.45) is 13.6. The van der Waals surface area contributed by atoms with Gasteiger partial charge in [0.2, 0.25) is 0 Å². The monoisotopic (exact) mass is 557 g/mol. The van der Waals surface area contributed by atoms with E-state index >= 15 is 0 Å². The zero-order valence-corrected chi connectivity index (χ0v) is 24.5. The highest BCUT2D eigenvalue weighted by atomic mass is 32.2. The Morgan fingerprint density at radius 2 is 1.71 bits per heavy atom. The predicted molar refractivity (Wildman–Crippen MR) is 162 cm³/mol. The fraction of sp³-hybridized carbons (Fsp3) is 0.690. The van der Waals surface area contributed by atoms with Gasteiger partial charge in [-0.25, -0.2) is 9.97 Å². The van der Waals surface area contributed by atoms with Gasteiger partial charge in [0.25, 0.3) is 0 Å². The first kappa shape index (κ1) is 27.7. The summed E-state index contributed by atoms with van der Waals surface area (Å²) in [5.41, 5.74) is 0.891. The van der Waals surface area contributed by atoms with Crippen molar-refractivity contribution in [3.63, 3.8) is 0 Å². The molecule has 2 aromatic rings. The molecule has 0 bridgehead atoms. The minimum atomic E-state index is 0.678. The molecule has 3 heterocycles. The Balaban J connectivity index is 1.16. The maximum absolute atomic E-state index is 6.17. The molecule has 0 amide bonds. The van der Waals surface area contributed by atoms with E-state index in [2.05, 4.69) is 24.7 Å². The smallest absolute Gasteiger partial charge is 0.163 e. The molecule has 3 fully saturated rings. The van der Waals surface area contributed by atoms with Gasteiger partial charge in [-0.2, -0.15) is 0 Å². The van der Waals surface area contributed by atoms with Crippen molar-refractivity contribution in [2.75, 3.05) is 70.2 Å².